The van der Waals surface area contributed by atoms with E-state index in [9.17, 15) is 9.90 Å². The number of carboxylic acids is 1. The average Bonchev–Trinajstić information content (AvgIpc) is 3.18. The van der Waals surface area contributed by atoms with Crippen LogP contribution in [0.4, 0.5) is 0 Å². The summed E-state index contributed by atoms with van der Waals surface area (Å²) in [7, 11) is 0. The van der Waals surface area contributed by atoms with Crippen LogP contribution in [0, 0.1) is 5.92 Å². The lowest BCUT2D eigenvalue weighted by Crippen LogP contribution is -2.16. The van der Waals surface area contributed by atoms with Gasteiger partial charge in [0, 0.05) is 18.4 Å². The zero-order chi connectivity index (χ0) is 15.8. The molecule has 0 aromatic carbocycles. The number of hydrogen-bond acceptors (Lipinski definition) is 3. The molecule has 1 N–H and O–H groups in total. The molecule has 0 unspecified atom stereocenters. The second kappa shape index (κ2) is 8.66. The minimum atomic E-state index is -0.926. The molecular weight excluding hydrogens is 280 g/mol. The maximum Gasteiger partial charge on any atom is 0.331 e. The standard InChI is InChI=1S/C18H26O4/c1-14(18(19)20)15(10-12-21-16-6-2-3-7-16)11-13-22-17-8-4-5-9-17/h6,8,15H,1-5,7,9-13H2,(H,19,20). The molecule has 0 saturated heterocycles. The Morgan fingerprint density at radius 2 is 1.59 bits per heavy atom. The van der Waals surface area contributed by atoms with Gasteiger partial charge in [-0.2, -0.15) is 0 Å². The highest BCUT2D eigenvalue weighted by molar-refractivity contribution is 5.86. The predicted molar refractivity (Wildman–Crippen MR) is 85.3 cm³/mol. The molecule has 0 aromatic rings. The van der Waals surface area contributed by atoms with Crippen LogP contribution >= 0.6 is 0 Å². The molecule has 0 saturated carbocycles. The van der Waals surface area contributed by atoms with Crippen molar-refractivity contribution in [1.82, 2.24) is 0 Å². The molecule has 0 aliphatic heterocycles. The van der Waals surface area contributed by atoms with Crippen LogP contribution in [0.25, 0.3) is 0 Å². The Morgan fingerprint density at radius 3 is 1.95 bits per heavy atom. The highest BCUT2D eigenvalue weighted by Gasteiger charge is 2.19. The maximum absolute atomic E-state index is 11.2. The summed E-state index contributed by atoms with van der Waals surface area (Å²) in [5.74, 6) is 1.07. The van der Waals surface area contributed by atoms with E-state index < -0.39 is 5.97 Å². The van der Waals surface area contributed by atoms with Crippen molar-refractivity contribution in [2.24, 2.45) is 5.92 Å². The molecule has 0 fully saturated rings. The van der Waals surface area contributed by atoms with Crippen LogP contribution in [0.2, 0.25) is 0 Å². The van der Waals surface area contributed by atoms with E-state index in [0.717, 1.165) is 50.0 Å². The van der Waals surface area contributed by atoms with Crippen molar-refractivity contribution in [3.05, 3.63) is 35.8 Å². The SMILES string of the molecule is C=C(C(=O)O)C(CCOC1=CCCC1)CCOC1=CCCC1. The van der Waals surface area contributed by atoms with Gasteiger partial charge >= 0.3 is 5.97 Å². The Labute approximate surface area is 132 Å². The molecule has 122 valence electrons. The number of aliphatic carboxylic acids is 1. The zero-order valence-corrected chi connectivity index (χ0v) is 13.2. The molecule has 4 nitrogen and oxygen atoms in total. The molecule has 2 aliphatic carbocycles. The highest BCUT2D eigenvalue weighted by Crippen LogP contribution is 2.24. The fourth-order valence-corrected chi connectivity index (χ4v) is 2.88. The topological polar surface area (TPSA) is 55.8 Å². The van der Waals surface area contributed by atoms with Gasteiger partial charge in [-0.15, -0.1) is 0 Å². The lowest BCUT2D eigenvalue weighted by atomic mass is 9.94. The van der Waals surface area contributed by atoms with Gasteiger partial charge in [-0.1, -0.05) is 6.58 Å². The summed E-state index contributed by atoms with van der Waals surface area (Å²) in [5, 5.41) is 9.17. The Kier molecular flexibility index (Phi) is 6.56. The van der Waals surface area contributed by atoms with Gasteiger partial charge in [-0.25, -0.2) is 4.79 Å². The molecule has 0 heterocycles. The summed E-state index contributed by atoms with van der Waals surface area (Å²) in [6.45, 7) is 4.81. The van der Waals surface area contributed by atoms with Gasteiger partial charge in [0.15, 0.2) is 0 Å². The minimum Gasteiger partial charge on any atom is -0.498 e. The summed E-state index contributed by atoms with van der Waals surface area (Å²) in [6, 6.07) is 0. The monoisotopic (exact) mass is 306 g/mol. The zero-order valence-electron chi connectivity index (χ0n) is 13.2. The summed E-state index contributed by atoms with van der Waals surface area (Å²) in [6.07, 6.45) is 12.1. The highest BCUT2D eigenvalue weighted by atomic mass is 16.5. The Hall–Kier alpha value is -1.71. The summed E-state index contributed by atoms with van der Waals surface area (Å²) in [5.41, 5.74) is 0.257. The molecule has 0 bridgehead atoms. The number of carboxylic acid groups (broad SMARTS) is 1. The smallest absolute Gasteiger partial charge is 0.331 e. The van der Waals surface area contributed by atoms with E-state index >= 15 is 0 Å². The van der Waals surface area contributed by atoms with Gasteiger partial charge in [0.05, 0.1) is 24.7 Å². The summed E-state index contributed by atoms with van der Waals surface area (Å²) >= 11 is 0. The molecule has 0 radical (unpaired) electrons. The molecule has 0 amide bonds. The van der Waals surface area contributed by atoms with Crippen LogP contribution in [0.5, 0.6) is 0 Å². The third-order valence-electron chi connectivity index (χ3n) is 4.27. The van der Waals surface area contributed by atoms with Crippen LogP contribution in [0.15, 0.2) is 35.8 Å². The van der Waals surface area contributed by atoms with E-state index in [0.29, 0.717) is 26.1 Å². The fraction of sp³-hybridized carbons (Fsp3) is 0.611. The van der Waals surface area contributed by atoms with Crippen molar-refractivity contribution in [3.8, 4) is 0 Å². The first kappa shape index (κ1) is 16.7. The quantitative estimate of drug-likeness (QED) is 0.615. The lowest BCUT2D eigenvalue weighted by molar-refractivity contribution is -0.133. The van der Waals surface area contributed by atoms with Crippen LogP contribution < -0.4 is 0 Å². The maximum atomic E-state index is 11.2. The third-order valence-corrected chi connectivity index (χ3v) is 4.27. The first-order chi connectivity index (χ1) is 10.7. The first-order valence-electron chi connectivity index (χ1n) is 8.22. The van der Waals surface area contributed by atoms with E-state index in [-0.39, 0.29) is 11.5 Å². The number of ether oxygens (including phenoxy) is 2. The predicted octanol–water partition coefficient (Wildman–Crippen LogP) is 4.19. The molecule has 0 spiro atoms. The molecule has 0 atom stereocenters. The van der Waals surface area contributed by atoms with Crippen LogP contribution in [-0.4, -0.2) is 24.3 Å². The summed E-state index contributed by atoms with van der Waals surface area (Å²) < 4.78 is 11.4. The van der Waals surface area contributed by atoms with Gasteiger partial charge < -0.3 is 14.6 Å². The molecule has 4 heteroatoms. The Balaban J connectivity index is 1.74. The Morgan fingerprint density at radius 1 is 1.09 bits per heavy atom. The number of rotatable bonds is 10. The van der Waals surface area contributed by atoms with Crippen molar-refractivity contribution in [1.29, 1.82) is 0 Å². The average molecular weight is 306 g/mol. The number of hydrogen-bond donors (Lipinski definition) is 1. The molecule has 2 rings (SSSR count). The summed E-state index contributed by atoms with van der Waals surface area (Å²) in [4.78, 5) is 11.2. The Bertz CT molecular complexity index is 432. The van der Waals surface area contributed by atoms with E-state index in [4.69, 9.17) is 9.47 Å². The van der Waals surface area contributed by atoms with Gasteiger partial charge in [0.2, 0.25) is 0 Å². The van der Waals surface area contributed by atoms with Crippen molar-refractivity contribution >= 4 is 5.97 Å². The van der Waals surface area contributed by atoms with Crippen LogP contribution in [0.1, 0.15) is 51.4 Å². The molecular formula is C18H26O4. The van der Waals surface area contributed by atoms with E-state index in [1.165, 1.54) is 0 Å². The second-order valence-electron chi connectivity index (χ2n) is 5.93. The third kappa shape index (κ3) is 5.24. The van der Waals surface area contributed by atoms with Crippen molar-refractivity contribution in [2.45, 2.75) is 51.4 Å². The molecule has 0 aromatic heterocycles. The van der Waals surface area contributed by atoms with Gasteiger partial charge in [-0.3, -0.25) is 0 Å². The normalized spacial score (nSPS) is 17.3. The van der Waals surface area contributed by atoms with E-state index in [2.05, 4.69) is 18.7 Å². The fourth-order valence-electron chi connectivity index (χ4n) is 2.88. The van der Waals surface area contributed by atoms with Crippen LogP contribution in [0.3, 0.4) is 0 Å². The van der Waals surface area contributed by atoms with Gasteiger partial charge in [0.25, 0.3) is 0 Å². The van der Waals surface area contributed by atoms with Gasteiger partial charge in [0.1, 0.15) is 0 Å². The van der Waals surface area contributed by atoms with Crippen molar-refractivity contribution in [2.75, 3.05) is 13.2 Å². The van der Waals surface area contributed by atoms with E-state index in [1.54, 1.807) is 0 Å². The van der Waals surface area contributed by atoms with Crippen molar-refractivity contribution < 1.29 is 19.4 Å². The minimum absolute atomic E-state index is 0.0958. The lowest BCUT2D eigenvalue weighted by Gasteiger charge is -2.18. The second-order valence-corrected chi connectivity index (χ2v) is 5.93. The first-order valence-corrected chi connectivity index (χ1v) is 8.22. The number of carbonyl (C=O) groups is 1. The molecule has 2 aliphatic rings. The van der Waals surface area contributed by atoms with Crippen molar-refractivity contribution in [3.63, 3.8) is 0 Å². The molecule has 22 heavy (non-hydrogen) atoms. The largest absolute Gasteiger partial charge is 0.498 e. The van der Waals surface area contributed by atoms with E-state index in [1.807, 2.05) is 0 Å². The van der Waals surface area contributed by atoms with Crippen LogP contribution in [-0.2, 0) is 14.3 Å². The van der Waals surface area contributed by atoms with Gasteiger partial charge in [-0.05, 0) is 56.6 Å². The number of allylic oxidation sites excluding steroid dienone is 4.